The molecule has 0 atom stereocenters. The topological polar surface area (TPSA) is 89.5 Å². The number of nitrogens with one attached hydrogen (secondary N) is 1. The number of hydrogen-bond donors (Lipinski definition) is 1. The molecule has 0 unspecified atom stereocenters. The Hall–Kier alpha value is -2.93. The molecule has 0 aromatic heterocycles. The molecule has 1 N–H and O–H groups in total. The maximum Gasteiger partial charge on any atom is 0.306 e. The average molecular weight is 399 g/mol. The first-order valence-electron chi connectivity index (χ1n) is 8.63. The van der Waals surface area contributed by atoms with E-state index < -0.39 is 18.5 Å². The van der Waals surface area contributed by atoms with E-state index in [2.05, 4.69) is 5.32 Å². The Kier molecular flexibility index (Phi) is 7.95. The molecule has 7 heteroatoms. The van der Waals surface area contributed by atoms with Crippen LogP contribution in [-0.2, 0) is 14.3 Å². The van der Waals surface area contributed by atoms with E-state index in [1.54, 1.807) is 48.2 Å². The number of esters is 1. The predicted molar refractivity (Wildman–Crippen MR) is 108 cm³/mol. The standard InChI is InChI=1S/C21H21NO5S/c1-14(23)16-4-3-5-17(12-16)22-20(25)13-27-21(26)11-10-19(24)15-6-8-18(28-2)9-7-15/h3-9,12H,10-11,13H2,1-2H3,(H,22,25). The first-order valence-corrected chi connectivity index (χ1v) is 9.85. The fourth-order valence-electron chi connectivity index (χ4n) is 2.37. The second-order valence-corrected chi connectivity index (χ2v) is 6.88. The molecule has 0 spiro atoms. The molecule has 1 amide bonds. The summed E-state index contributed by atoms with van der Waals surface area (Å²) in [5, 5.41) is 2.56. The fraction of sp³-hybridized carbons (Fsp3) is 0.238. The van der Waals surface area contributed by atoms with E-state index >= 15 is 0 Å². The third-order valence-corrected chi connectivity index (χ3v) is 4.63. The zero-order chi connectivity index (χ0) is 20.5. The Balaban J connectivity index is 1.75. The maximum absolute atomic E-state index is 12.1. The molecule has 28 heavy (non-hydrogen) atoms. The number of carbonyl (C=O) groups is 4. The van der Waals surface area contributed by atoms with Crippen molar-refractivity contribution in [1.29, 1.82) is 0 Å². The third kappa shape index (κ3) is 6.66. The van der Waals surface area contributed by atoms with Gasteiger partial charge >= 0.3 is 5.97 Å². The number of benzene rings is 2. The largest absolute Gasteiger partial charge is 0.456 e. The van der Waals surface area contributed by atoms with E-state index in [4.69, 9.17) is 4.74 Å². The molecule has 0 saturated heterocycles. The van der Waals surface area contributed by atoms with Crippen molar-refractivity contribution in [3.05, 3.63) is 59.7 Å². The molecular formula is C21H21NO5S. The van der Waals surface area contributed by atoms with Crippen LogP contribution in [-0.4, -0.2) is 36.3 Å². The van der Waals surface area contributed by atoms with Crippen LogP contribution in [0.1, 0.15) is 40.5 Å². The van der Waals surface area contributed by atoms with Crippen LogP contribution in [0.25, 0.3) is 0 Å². The Labute approximate surface area is 167 Å². The number of rotatable bonds is 9. The predicted octanol–water partition coefficient (Wildman–Crippen LogP) is 3.76. The molecule has 6 nitrogen and oxygen atoms in total. The van der Waals surface area contributed by atoms with E-state index in [0.29, 0.717) is 16.8 Å². The lowest BCUT2D eigenvalue weighted by molar-refractivity contribution is -0.147. The van der Waals surface area contributed by atoms with Gasteiger partial charge in [-0.25, -0.2) is 0 Å². The number of ether oxygens (including phenoxy) is 1. The van der Waals surface area contributed by atoms with E-state index in [1.807, 2.05) is 18.4 Å². The van der Waals surface area contributed by atoms with Gasteiger partial charge in [0.1, 0.15) is 0 Å². The maximum atomic E-state index is 12.1. The zero-order valence-corrected chi connectivity index (χ0v) is 16.5. The quantitative estimate of drug-likeness (QED) is 0.392. The van der Waals surface area contributed by atoms with E-state index in [1.165, 1.54) is 6.92 Å². The summed E-state index contributed by atoms with van der Waals surface area (Å²) in [6.45, 7) is 0.973. The molecule has 146 valence electrons. The van der Waals surface area contributed by atoms with Crippen molar-refractivity contribution < 1.29 is 23.9 Å². The zero-order valence-electron chi connectivity index (χ0n) is 15.7. The second-order valence-electron chi connectivity index (χ2n) is 6.00. The van der Waals surface area contributed by atoms with Crippen molar-refractivity contribution in [2.75, 3.05) is 18.2 Å². The molecule has 2 aromatic carbocycles. The minimum atomic E-state index is -0.623. The highest BCUT2D eigenvalue weighted by Crippen LogP contribution is 2.16. The number of anilines is 1. The molecule has 0 aliphatic rings. The van der Waals surface area contributed by atoms with Crippen molar-refractivity contribution in [2.24, 2.45) is 0 Å². The van der Waals surface area contributed by atoms with Gasteiger partial charge < -0.3 is 10.1 Å². The Morgan fingerprint density at radius 1 is 0.964 bits per heavy atom. The van der Waals surface area contributed by atoms with Gasteiger partial charge in [-0.2, -0.15) is 0 Å². The van der Waals surface area contributed by atoms with Gasteiger partial charge in [0.05, 0.1) is 6.42 Å². The molecule has 0 heterocycles. The minimum Gasteiger partial charge on any atom is -0.456 e. The van der Waals surface area contributed by atoms with Crippen molar-refractivity contribution in [3.63, 3.8) is 0 Å². The van der Waals surface area contributed by atoms with Crippen molar-refractivity contribution in [3.8, 4) is 0 Å². The highest BCUT2D eigenvalue weighted by molar-refractivity contribution is 7.98. The Bertz CT molecular complexity index is 877. The monoisotopic (exact) mass is 399 g/mol. The molecule has 0 saturated carbocycles. The number of hydrogen-bond acceptors (Lipinski definition) is 6. The molecule has 0 aliphatic carbocycles. The summed E-state index contributed by atoms with van der Waals surface area (Å²) in [7, 11) is 0. The second kappa shape index (κ2) is 10.4. The summed E-state index contributed by atoms with van der Waals surface area (Å²) < 4.78 is 4.90. The van der Waals surface area contributed by atoms with Crippen LogP contribution in [0.2, 0.25) is 0 Å². The Morgan fingerprint density at radius 3 is 2.32 bits per heavy atom. The molecular weight excluding hydrogens is 378 g/mol. The number of thioether (sulfide) groups is 1. The van der Waals surface area contributed by atoms with Crippen LogP contribution >= 0.6 is 11.8 Å². The Morgan fingerprint density at radius 2 is 1.68 bits per heavy atom. The first kappa shape index (κ1) is 21.4. The number of ketones is 2. The van der Waals surface area contributed by atoms with E-state index in [9.17, 15) is 19.2 Å². The molecule has 0 aliphatic heterocycles. The van der Waals surface area contributed by atoms with Gasteiger partial charge in [0.2, 0.25) is 0 Å². The summed E-state index contributed by atoms with van der Waals surface area (Å²) in [6, 6.07) is 13.6. The van der Waals surface area contributed by atoms with Crippen LogP contribution in [0, 0.1) is 0 Å². The van der Waals surface area contributed by atoms with Crippen LogP contribution < -0.4 is 5.32 Å². The lowest BCUT2D eigenvalue weighted by Crippen LogP contribution is -2.21. The highest BCUT2D eigenvalue weighted by atomic mass is 32.2. The molecule has 2 aromatic rings. The van der Waals surface area contributed by atoms with E-state index in [-0.39, 0.29) is 24.4 Å². The first-order chi connectivity index (χ1) is 13.4. The van der Waals surface area contributed by atoms with Crippen molar-refractivity contribution in [2.45, 2.75) is 24.7 Å². The van der Waals surface area contributed by atoms with Crippen LogP contribution in [0.15, 0.2) is 53.4 Å². The lowest BCUT2D eigenvalue weighted by Gasteiger charge is -2.07. The van der Waals surface area contributed by atoms with Gasteiger partial charge in [-0.15, -0.1) is 11.8 Å². The lowest BCUT2D eigenvalue weighted by atomic mass is 10.1. The SMILES string of the molecule is CSc1ccc(C(=O)CCC(=O)OCC(=O)Nc2cccc(C(C)=O)c2)cc1. The van der Waals surface area contributed by atoms with E-state index in [0.717, 1.165) is 4.90 Å². The normalized spacial score (nSPS) is 10.2. The summed E-state index contributed by atoms with van der Waals surface area (Å²) >= 11 is 1.58. The summed E-state index contributed by atoms with van der Waals surface area (Å²) in [5.74, 6) is -1.42. The van der Waals surface area contributed by atoms with Gasteiger partial charge in [-0.05, 0) is 37.4 Å². The average Bonchev–Trinajstić information content (AvgIpc) is 2.70. The van der Waals surface area contributed by atoms with Crippen LogP contribution in [0.5, 0.6) is 0 Å². The van der Waals surface area contributed by atoms with Gasteiger partial charge in [-0.3, -0.25) is 19.2 Å². The molecule has 0 bridgehead atoms. The number of amides is 1. The highest BCUT2D eigenvalue weighted by Gasteiger charge is 2.12. The summed E-state index contributed by atoms with van der Waals surface area (Å²) in [5.41, 5.74) is 1.45. The van der Waals surface area contributed by atoms with Crippen molar-refractivity contribution >= 4 is 40.9 Å². The van der Waals surface area contributed by atoms with Gasteiger partial charge in [-0.1, -0.05) is 24.3 Å². The van der Waals surface area contributed by atoms with Crippen LogP contribution in [0.4, 0.5) is 5.69 Å². The summed E-state index contributed by atoms with van der Waals surface area (Å²) in [4.78, 5) is 48.1. The molecule has 0 fully saturated rings. The van der Waals surface area contributed by atoms with Crippen molar-refractivity contribution in [1.82, 2.24) is 0 Å². The molecule has 2 rings (SSSR count). The molecule has 0 radical (unpaired) electrons. The third-order valence-electron chi connectivity index (χ3n) is 3.89. The van der Waals surface area contributed by atoms with Gasteiger partial charge in [0, 0.05) is 28.1 Å². The van der Waals surface area contributed by atoms with Gasteiger partial charge in [0.15, 0.2) is 18.2 Å². The minimum absolute atomic E-state index is 0.0136. The number of carbonyl (C=O) groups excluding carboxylic acids is 4. The van der Waals surface area contributed by atoms with Gasteiger partial charge in [0.25, 0.3) is 5.91 Å². The summed E-state index contributed by atoms with van der Waals surface area (Å²) in [6.07, 6.45) is 1.86. The smallest absolute Gasteiger partial charge is 0.306 e. The fourth-order valence-corrected chi connectivity index (χ4v) is 2.78. The van der Waals surface area contributed by atoms with Crippen LogP contribution in [0.3, 0.4) is 0 Å². The number of Topliss-reactive ketones (excluding diaryl/α,β-unsaturated/α-hetero) is 2.